The Morgan fingerprint density at radius 1 is 1.18 bits per heavy atom. The van der Waals surface area contributed by atoms with Crippen molar-refractivity contribution < 1.29 is 4.79 Å². The maximum absolute atomic E-state index is 12.7. The number of allylic oxidation sites excluding steroid dienone is 1. The van der Waals surface area contributed by atoms with Crippen LogP contribution in [-0.4, -0.2) is 62.3 Å². The van der Waals surface area contributed by atoms with Gasteiger partial charge in [-0.25, -0.2) is 9.97 Å². The smallest absolute Gasteiger partial charge is 0.233 e. The Labute approximate surface area is 168 Å². The Morgan fingerprint density at radius 3 is 2.75 bits per heavy atom. The van der Waals surface area contributed by atoms with Crippen molar-refractivity contribution in [2.45, 2.75) is 11.7 Å². The summed E-state index contributed by atoms with van der Waals surface area (Å²) in [5, 5.41) is 0.854. The van der Waals surface area contributed by atoms with Crippen LogP contribution >= 0.6 is 11.8 Å². The van der Waals surface area contributed by atoms with Gasteiger partial charge >= 0.3 is 0 Å². The van der Waals surface area contributed by atoms with Gasteiger partial charge in [-0.1, -0.05) is 30.0 Å². The van der Waals surface area contributed by atoms with Crippen LogP contribution in [0.4, 0.5) is 5.82 Å². The molecule has 0 aliphatic carbocycles. The standard InChI is InChI=1S/C20H22N6OS/c1-2-9-26-17-6-4-3-5-16(17)23-20(26)28-15-19(27)25-12-10-24(11-13-25)18-14-21-7-8-22-18/h2-8,14H,1,9-13,15H2. The Kier molecular flexibility index (Phi) is 5.57. The summed E-state index contributed by atoms with van der Waals surface area (Å²) >= 11 is 1.49. The molecule has 0 radical (unpaired) electrons. The molecular formula is C20H22N6OS. The summed E-state index contributed by atoms with van der Waals surface area (Å²) in [6.45, 7) is 7.43. The summed E-state index contributed by atoms with van der Waals surface area (Å²) in [6.07, 6.45) is 6.97. The van der Waals surface area contributed by atoms with E-state index < -0.39 is 0 Å². The van der Waals surface area contributed by atoms with Gasteiger partial charge in [-0.3, -0.25) is 9.78 Å². The number of imidazole rings is 1. The monoisotopic (exact) mass is 394 g/mol. The van der Waals surface area contributed by atoms with Gasteiger partial charge in [0.25, 0.3) is 0 Å². The fourth-order valence-electron chi connectivity index (χ4n) is 3.33. The fourth-order valence-corrected chi connectivity index (χ4v) is 4.25. The van der Waals surface area contributed by atoms with Crippen molar-refractivity contribution in [1.82, 2.24) is 24.4 Å². The van der Waals surface area contributed by atoms with Gasteiger partial charge < -0.3 is 14.4 Å². The highest BCUT2D eigenvalue weighted by atomic mass is 32.2. The van der Waals surface area contributed by atoms with Crippen molar-refractivity contribution in [3.05, 3.63) is 55.5 Å². The number of hydrogen-bond acceptors (Lipinski definition) is 6. The van der Waals surface area contributed by atoms with Gasteiger partial charge in [0, 0.05) is 45.1 Å². The predicted molar refractivity (Wildman–Crippen MR) is 111 cm³/mol. The number of carbonyl (C=O) groups excluding carboxylic acids is 1. The van der Waals surface area contributed by atoms with Crippen molar-refractivity contribution in [2.75, 3.05) is 36.8 Å². The highest BCUT2D eigenvalue weighted by molar-refractivity contribution is 7.99. The number of para-hydroxylation sites is 2. The van der Waals surface area contributed by atoms with Crippen LogP contribution in [0, 0.1) is 0 Å². The van der Waals surface area contributed by atoms with Gasteiger partial charge in [0.05, 0.1) is 23.0 Å². The number of anilines is 1. The minimum absolute atomic E-state index is 0.140. The second kappa shape index (κ2) is 8.43. The minimum atomic E-state index is 0.140. The molecule has 1 aromatic carbocycles. The van der Waals surface area contributed by atoms with Crippen molar-refractivity contribution in [3.63, 3.8) is 0 Å². The van der Waals surface area contributed by atoms with Gasteiger partial charge in [0.15, 0.2) is 5.16 Å². The summed E-state index contributed by atoms with van der Waals surface area (Å²) < 4.78 is 2.10. The molecule has 0 saturated carbocycles. The largest absolute Gasteiger partial charge is 0.352 e. The third-order valence-corrected chi connectivity index (χ3v) is 5.72. The number of benzene rings is 1. The molecule has 0 atom stereocenters. The molecule has 3 heterocycles. The van der Waals surface area contributed by atoms with Gasteiger partial charge in [0.2, 0.25) is 5.91 Å². The van der Waals surface area contributed by atoms with E-state index in [0.29, 0.717) is 25.4 Å². The molecule has 1 saturated heterocycles. The molecule has 28 heavy (non-hydrogen) atoms. The molecule has 2 aromatic heterocycles. The number of aromatic nitrogens is 4. The van der Waals surface area contributed by atoms with Crippen LogP contribution in [0.1, 0.15) is 0 Å². The lowest BCUT2D eigenvalue weighted by Crippen LogP contribution is -2.49. The van der Waals surface area contributed by atoms with Gasteiger partial charge in [0.1, 0.15) is 5.82 Å². The van der Waals surface area contributed by atoms with Crippen molar-refractivity contribution >= 4 is 34.5 Å². The van der Waals surface area contributed by atoms with E-state index in [4.69, 9.17) is 0 Å². The second-order valence-electron chi connectivity index (χ2n) is 6.50. The number of hydrogen-bond donors (Lipinski definition) is 0. The molecule has 7 nitrogen and oxygen atoms in total. The van der Waals surface area contributed by atoms with Crippen molar-refractivity contribution in [3.8, 4) is 0 Å². The molecule has 1 amide bonds. The zero-order valence-corrected chi connectivity index (χ0v) is 16.4. The first-order valence-corrected chi connectivity index (χ1v) is 10.2. The SMILES string of the molecule is C=CCn1c(SCC(=O)N2CCN(c3cnccn3)CC2)nc2ccccc21. The van der Waals surface area contributed by atoms with Crippen LogP contribution in [0.3, 0.4) is 0 Å². The number of piperazine rings is 1. The normalized spacial score (nSPS) is 14.4. The second-order valence-corrected chi connectivity index (χ2v) is 7.44. The first kappa shape index (κ1) is 18.5. The lowest BCUT2D eigenvalue weighted by atomic mass is 10.3. The average molecular weight is 395 g/mol. The highest BCUT2D eigenvalue weighted by Gasteiger charge is 2.22. The van der Waals surface area contributed by atoms with E-state index in [9.17, 15) is 4.79 Å². The quantitative estimate of drug-likeness (QED) is 0.473. The lowest BCUT2D eigenvalue weighted by Gasteiger charge is -2.35. The molecule has 8 heteroatoms. The molecule has 1 aliphatic heterocycles. The van der Waals surface area contributed by atoms with Gasteiger partial charge in [-0.05, 0) is 12.1 Å². The molecule has 144 valence electrons. The van der Waals surface area contributed by atoms with E-state index in [2.05, 4.69) is 31.0 Å². The van der Waals surface area contributed by atoms with Crippen LogP contribution < -0.4 is 4.90 Å². The minimum Gasteiger partial charge on any atom is -0.352 e. The number of thioether (sulfide) groups is 1. The first-order chi connectivity index (χ1) is 13.8. The third kappa shape index (κ3) is 3.87. The molecule has 4 rings (SSSR count). The summed E-state index contributed by atoms with van der Waals surface area (Å²) in [5.74, 6) is 1.38. The van der Waals surface area contributed by atoms with Gasteiger partial charge in [-0.15, -0.1) is 6.58 Å². The Morgan fingerprint density at radius 2 is 2.00 bits per heavy atom. The fraction of sp³-hybridized carbons (Fsp3) is 0.300. The van der Waals surface area contributed by atoms with Crippen LogP contribution in [0.2, 0.25) is 0 Å². The molecule has 0 N–H and O–H groups in total. The number of fused-ring (bicyclic) bond motifs is 1. The van der Waals surface area contributed by atoms with Crippen molar-refractivity contribution in [1.29, 1.82) is 0 Å². The molecule has 1 aliphatic rings. The molecule has 0 bridgehead atoms. The van der Waals surface area contributed by atoms with Crippen LogP contribution in [0.5, 0.6) is 0 Å². The summed E-state index contributed by atoms with van der Waals surface area (Å²) in [5.41, 5.74) is 2.01. The van der Waals surface area contributed by atoms with E-state index in [1.807, 2.05) is 35.2 Å². The summed E-state index contributed by atoms with van der Waals surface area (Å²) in [4.78, 5) is 29.9. The molecule has 0 unspecified atom stereocenters. The maximum atomic E-state index is 12.7. The van der Waals surface area contributed by atoms with Crippen LogP contribution in [-0.2, 0) is 11.3 Å². The van der Waals surface area contributed by atoms with E-state index in [0.717, 1.165) is 35.1 Å². The predicted octanol–water partition coefficient (Wildman–Crippen LogP) is 2.45. The van der Waals surface area contributed by atoms with E-state index >= 15 is 0 Å². The van der Waals surface area contributed by atoms with Gasteiger partial charge in [-0.2, -0.15) is 0 Å². The molecular weight excluding hydrogens is 372 g/mol. The molecule has 0 spiro atoms. The van der Waals surface area contributed by atoms with E-state index in [1.54, 1.807) is 18.6 Å². The number of nitrogens with zero attached hydrogens (tertiary/aromatic N) is 6. The van der Waals surface area contributed by atoms with Crippen LogP contribution in [0.25, 0.3) is 11.0 Å². The summed E-state index contributed by atoms with van der Waals surface area (Å²) in [7, 11) is 0. The number of rotatable bonds is 6. The Hall–Kier alpha value is -2.87. The topological polar surface area (TPSA) is 67.2 Å². The molecule has 1 fully saturated rings. The number of amides is 1. The average Bonchev–Trinajstić information content (AvgIpc) is 3.11. The van der Waals surface area contributed by atoms with Crippen molar-refractivity contribution in [2.24, 2.45) is 0 Å². The van der Waals surface area contributed by atoms with E-state index in [1.165, 1.54) is 11.8 Å². The van der Waals surface area contributed by atoms with E-state index in [-0.39, 0.29) is 5.91 Å². The zero-order chi connectivity index (χ0) is 19.3. The first-order valence-electron chi connectivity index (χ1n) is 9.24. The summed E-state index contributed by atoms with van der Waals surface area (Å²) in [6, 6.07) is 8.01. The Bertz CT molecular complexity index is 965. The third-order valence-electron chi connectivity index (χ3n) is 4.76. The highest BCUT2D eigenvalue weighted by Crippen LogP contribution is 2.24. The molecule has 3 aromatic rings. The number of carbonyl (C=O) groups is 1. The maximum Gasteiger partial charge on any atom is 0.233 e. The lowest BCUT2D eigenvalue weighted by molar-refractivity contribution is -0.128. The zero-order valence-electron chi connectivity index (χ0n) is 15.6. The van der Waals surface area contributed by atoms with Crippen LogP contribution in [0.15, 0.2) is 60.7 Å². The Balaban J connectivity index is 1.37.